The molecule has 2 nitrogen and oxygen atoms in total. The number of hydrogen-bond acceptors (Lipinski definition) is 0. The van der Waals surface area contributed by atoms with Crippen LogP contribution in [0.5, 0.6) is 0 Å². The van der Waals surface area contributed by atoms with Crippen LogP contribution >= 0.6 is 0 Å². The van der Waals surface area contributed by atoms with Gasteiger partial charge in [0.1, 0.15) is 0 Å². The molecule has 0 aromatic rings. The monoisotopic (exact) mass is 306 g/mol. The normalized spacial score (nSPS) is 43.6. The summed E-state index contributed by atoms with van der Waals surface area (Å²) in [7, 11) is 0. The van der Waals surface area contributed by atoms with Gasteiger partial charge in [0.15, 0.2) is 0 Å². The lowest BCUT2D eigenvalue weighted by Crippen LogP contribution is -2.48. The largest absolute Gasteiger partial charge is 0.321 e. The fourth-order valence-corrected chi connectivity index (χ4v) is 6.92. The van der Waals surface area contributed by atoms with E-state index in [0.29, 0.717) is 0 Å². The van der Waals surface area contributed by atoms with E-state index < -0.39 is 0 Å². The highest BCUT2D eigenvalue weighted by atomic mass is 15.4. The number of rotatable bonds is 7. The van der Waals surface area contributed by atoms with Gasteiger partial charge in [-0.1, -0.05) is 0 Å². The average molecular weight is 307 g/mol. The third-order valence-electron chi connectivity index (χ3n) is 8.07. The van der Waals surface area contributed by atoms with Crippen molar-refractivity contribution in [3.63, 3.8) is 0 Å². The third kappa shape index (κ3) is 2.75. The fraction of sp³-hybridized carbons (Fsp3) is 1.00. The van der Waals surface area contributed by atoms with Crippen LogP contribution in [0.1, 0.15) is 77.0 Å². The van der Waals surface area contributed by atoms with Crippen molar-refractivity contribution in [2.24, 2.45) is 0 Å². The molecule has 0 aromatic heterocycles. The second-order valence-corrected chi connectivity index (χ2v) is 9.07. The van der Waals surface area contributed by atoms with Crippen LogP contribution in [-0.2, 0) is 0 Å². The molecule has 2 heteroatoms. The second-order valence-electron chi connectivity index (χ2n) is 9.07. The SMILES string of the molecule is C(CCC[N+]12CCCC1CCC2)CC[N+]12CCCC1CCC2. The van der Waals surface area contributed by atoms with Gasteiger partial charge in [0.25, 0.3) is 0 Å². The van der Waals surface area contributed by atoms with Crippen LogP contribution in [0.4, 0.5) is 0 Å². The minimum absolute atomic E-state index is 1.08. The Morgan fingerprint density at radius 2 is 0.864 bits per heavy atom. The Kier molecular flexibility index (Phi) is 4.52. The molecule has 0 aromatic carbocycles. The number of quaternary nitrogens is 2. The molecule has 126 valence electrons. The number of nitrogens with zero attached hydrogens (tertiary/aromatic N) is 2. The Labute approximate surface area is 138 Å². The number of hydrogen-bond donors (Lipinski definition) is 0. The molecule has 0 unspecified atom stereocenters. The summed E-state index contributed by atoms with van der Waals surface area (Å²) in [6, 6.07) is 2.15. The Balaban J connectivity index is 1.15. The van der Waals surface area contributed by atoms with E-state index in [1.807, 2.05) is 0 Å². The molecule has 4 rings (SSSR count). The lowest BCUT2D eigenvalue weighted by atomic mass is 10.1. The van der Waals surface area contributed by atoms with Gasteiger partial charge in [-0.3, -0.25) is 0 Å². The summed E-state index contributed by atoms with van der Waals surface area (Å²) >= 11 is 0. The van der Waals surface area contributed by atoms with Gasteiger partial charge in [-0.2, -0.15) is 0 Å². The summed E-state index contributed by atoms with van der Waals surface area (Å²) < 4.78 is 3.09. The summed E-state index contributed by atoms with van der Waals surface area (Å²) in [4.78, 5) is 0. The predicted molar refractivity (Wildman–Crippen MR) is 92.7 cm³/mol. The highest BCUT2D eigenvalue weighted by molar-refractivity contribution is 4.75. The van der Waals surface area contributed by atoms with Crippen molar-refractivity contribution in [2.45, 2.75) is 89.1 Å². The maximum absolute atomic E-state index is 1.54. The Morgan fingerprint density at radius 1 is 0.500 bits per heavy atom. The predicted octanol–water partition coefficient (Wildman–Crippen LogP) is 4.09. The van der Waals surface area contributed by atoms with Gasteiger partial charge >= 0.3 is 0 Å². The van der Waals surface area contributed by atoms with Crippen molar-refractivity contribution in [2.75, 3.05) is 39.3 Å². The topological polar surface area (TPSA) is 0 Å². The first kappa shape index (κ1) is 15.4. The van der Waals surface area contributed by atoms with E-state index in [0.717, 1.165) is 12.1 Å². The van der Waals surface area contributed by atoms with Gasteiger partial charge in [-0.25, -0.2) is 0 Å². The smallest absolute Gasteiger partial charge is 0.0894 e. The van der Waals surface area contributed by atoms with E-state index in [1.54, 1.807) is 34.6 Å². The van der Waals surface area contributed by atoms with Crippen LogP contribution < -0.4 is 0 Å². The molecule has 0 aliphatic carbocycles. The van der Waals surface area contributed by atoms with Crippen molar-refractivity contribution >= 4 is 0 Å². The highest BCUT2D eigenvalue weighted by Gasteiger charge is 2.45. The number of unbranched alkanes of at least 4 members (excludes halogenated alkanes) is 3. The van der Waals surface area contributed by atoms with Gasteiger partial charge in [-0.05, 0) is 25.7 Å². The first-order valence-electron chi connectivity index (χ1n) is 10.5. The molecule has 4 heterocycles. The molecule has 0 radical (unpaired) electrons. The summed E-state index contributed by atoms with van der Waals surface area (Å²) in [6.07, 6.45) is 18.3. The third-order valence-corrected chi connectivity index (χ3v) is 8.07. The highest BCUT2D eigenvalue weighted by Crippen LogP contribution is 2.38. The fourth-order valence-electron chi connectivity index (χ4n) is 6.92. The van der Waals surface area contributed by atoms with Gasteiger partial charge in [0, 0.05) is 51.4 Å². The summed E-state index contributed by atoms with van der Waals surface area (Å²) in [6.45, 7) is 9.12. The molecule has 4 saturated heterocycles. The van der Waals surface area contributed by atoms with Crippen molar-refractivity contribution in [3.05, 3.63) is 0 Å². The quantitative estimate of drug-likeness (QED) is 0.491. The van der Waals surface area contributed by atoms with Gasteiger partial charge < -0.3 is 8.97 Å². The zero-order valence-electron chi connectivity index (χ0n) is 14.8. The molecule has 0 saturated carbocycles. The first-order valence-corrected chi connectivity index (χ1v) is 10.5. The Morgan fingerprint density at radius 3 is 1.23 bits per heavy atom. The summed E-state index contributed by atoms with van der Waals surface area (Å²) in [5.74, 6) is 0. The van der Waals surface area contributed by atoms with E-state index in [4.69, 9.17) is 0 Å². The molecule has 0 atom stereocenters. The van der Waals surface area contributed by atoms with E-state index >= 15 is 0 Å². The van der Waals surface area contributed by atoms with Gasteiger partial charge in [-0.15, -0.1) is 0 Å². The Bertz CT molecular complexity index is 322. The molecule has 4 aliphatic rings. The van der Waals surface area contributed by atoms with Crippen molar-refractivity contribution in [1.29, 1.82) is 0 Å². The van der Waals surface area contributed by atoms with Gasteiger partial charge in [0.2, 0.25) is 0 Å². The molecule has 0 bridgehead atoms. The summed E-state index contributed by atoms with van der Waals surface area (Å²) in [5.41, 5.74) is 0. The van der Waals surface area contributed by atoms with Crippen molar-refractivity contribution in [3.8, 4) is 0 Å². The Hall–Kier alpha value is -0.0800. The summed E-state index contributed by atoms with van der Waals surface area (Å²) in [5, 5.41) is 0. The first-order chi connectivity index (χ1) is 10.8. The second kappa shape index (κ2) is 6.43. The zero-order valence-corrected chi connectivity index (χ0v) is 14.8. The number of fused-ring (bicyclic) bond motifs is 2. The minimum Gasteiger partial charge on any atom is -0.321 e. The zero-order chi connectivity index (χ0) is 14.9. The van der Waals surface area contributed by atoms with Crippen LogP contribution in [0.25, 0.3) is 0 Å². The van der Waals surface area contributed by atoms with Crippen molar-refractivity contribution in [1.82, 2.24) is 0 Å². The van der Waals surface area contributed by atoms with E-state index in [9.17, 15) is 0 Å². The molecule has 4 aliphatic heterocycles. The van der Waals surface area contributed by atoms with E-state index in [-0.39, 0.29) is 0 Å². The maximum atomic E-state index is 1.54. The van der Waals surface area contributed by atoms with Crippen LogP contribution in [0.15, 0.2) is 0 Å². The molecule has 0 amide bonds. The minimum atomic E-state index is 1.08. The molecule has 4 fully saturated rings. The molecular formula is C20H38N2+2. The van der Waals surface area contributed by atoms with Crippen LogP contribution in [0.3, 0.4) is 0 Å². The molecule has 0 spiro atoms. The van der Waals surface area contributed by atoms with E-state index in [2.05, 4.69) is 0 Å². The van der Waals surface area contributed by atoms with Crippen LogP contribution in [-0.4, -0.2) is 60.3 Å². The molecule has 0 N–H and O–H groups in total. The molecular weight excluding hydrogens is 268 g/mol. The van der Waals surface area contributed by atoms with Gasteiger partial charge in [0.05, 0.1) is 51.4 Å². The van der Waals surface area contributed by atoms with E-state index in [1.165, 1.54) is 90.6 Å². The average Bonchev–Trinajstić information content (AvgIpc) is 3.21. The lowest BCUT2D eigenvalue weighted by molar-refractivity contribution is -0.928. The lowest BCUT2D eigenvalue weighted by Gasteiger charge is -2.35. The molecule has 22 heavy (non-hydrogen) atoms. The van der Waals surface area contributed by atoms with Crippen molar-refractivity contribution < 1.29 is 8.97 Å². The van der Waals surface area contributed by atoms with Crippen LogP contribution in [0.2, 0.25) is 0 Å². The maximum Gasteiger partial charge on any atom is 0.0894 e. The standard InChI is InChI=1S/C20H38N2/c1(3-13-21-15-5-9-19(21)10-6-16-21)2-4-14-22-17-7-11-20(22)12-8-18-22/h19-20H,1-18H2/q+2. The van der Waals surface area contributed by atoms with Crippen LogP contribution in [0, 0.1) is 0 Å².